The number of hydrogen-bond donors (Lipinski definition) is 2. The van der Waals surface area contributed by atoms with Gasteiger partial charge in [0, 0.05) is 0 Å². The third kappa shape index (κ3) is 6.37. The molecule has 0 saturated carbocycles. The molecule has 0 heterocycles. The predicted molar refractivity (Wildman–Crippen MR) is 169 cm³/mol. The van der Waals surface area contributed by atoms with Gasteiger partial charge in [0.15, 0.2) is 0 Å². The van der Waals surface area contributed by atoms with E-state index in [0.29, 0.717) is 11.1 Å². The average molecular weight is 607 g/mol. The Morgan fingerprint density at radius 1 is 0.524 bits per heavy atom. The maximum Gasteiger partial charge on any atom is 0.295 e. The summed E-state index contributed by atoms with van der Waals surface area (Å²) in [6.07, 6.45) is 1.80. The summed E-state index contributed by atoms with van der Waals surface area (Å²) in [4.78, 5) is -1.76. The molecule has 4 aromatic carbocycles. The van der Waals surface area contributed by atoms with Gasteiger partial charge in [-0.15, -0.1) is 0 Å². The summed E-state index contributed by atoms with van der Waals surface area (Å²) < 4.78 is 68.2. The third-order valence-electron chi connectivity index (χ3n) is 8.56. The zero-order chi connectivity index (χ0) is 31.1. The first-order valence-electron chi connectivity index (χ1n) is 13.9. The summed E-state index contributed by atoms with van der Waals surface area (Å²) >= 11 is 0. The Labute approximate surface area is 250 Å². The Balaban J connectivity index is 2.11. The molecule has 0 aliphatic heterocycles. The highest BCUT2D eigenvalue weighted by Crippen LogP contribution is 2.43. The van der Waals surface area contributed by atoms with Crippen LogP contribution in [0.15, 0.2) is 94.7 Å². The smallest absolute Gasteiger partial charge is 0.282 e. The molecule has 8 heteroatoms. The third-order valence-corrected chi connectivity index (χ3v) is 10.5. The number of rotatable bonds is 9. The van der Waals surface area contributed by atoms with Crippen LogP contribution in [0.5, 0.6) is 0 Å². The minimum Gasteiger partial charge on any atom is -0.282 e. The van der Waals surface area contributed by atoms with Gasteiger partial charge in [-0.2, -0.15) is 16.8 Å². The van der Waals surface area contributed by atoms with E-state index >= 15 is 0 Å². The summed E-state index contributed by atoms with van der Waals surface area (Å²) in [6, 6.07) is 26.1. The first-order valence-corrected chi connectivity index (χ1v) is 16.8. The molecule has 0 unspecified atom stereocenters. The number of hydrogen-bond acceptors (Lipinski definition) is 4. The summed E-state index contributed by atoms with van der Waals surface area (Å²) in [5.41, 5.74) is 6.74. The minimum atomic E-state index is -4.98. The van der Waals surface area contributed by atoms with Gasteiger partial charge in [0.1, 0.15) is 9.79 Å². The average Bonchev–Trinajstić information content (AvgIpc) is 2.95. The molecule has 0 aliphatic rings. The Hall–Kier alpha value is -3.30. The van der Waals surface area contributed by atoms with Crippen molar-refractivity contribution < 1.29 is 25.9 Å². The second-order valence-electron chi connectivity index (χ2n) is 12.0. The monoisotopic (exact) mass is 606 g/mol. The van der Waals surface area contributed by atoms with Crippen LogP contribution in [0.3, 0.4) is 0 Å². The lowest BCUT2D eigenvalue weighted by Crippen LogP contribution is -2.16. The fourth-order valence-corrected chi connectivity index (χ4v) is 6.78. The van der Waals surface area contributed by atoms with Gasteiger partial charge in [0.05, 0.1) is 0 Å². The predicted octanol–water partition coefficient (Wildman–Crippen LogP) is 8.56. The first-order chi connectivity index (χ1) is 19.5. The molecule has 0 spiro atoms. The van der Waals surface area contributed by atoms with E-state index in [-0.39, 0.29) is 10.8 Å². The van der Waals surface area contributed by atoms with Crippen molar-refractivity contribution in [1.82, 2.24) is 0 Å². The molecule has 4 rings (SSSR count). The number of benzene rings is 4. The van der Waals surface area contributed by atoms with Gasteiger partial charge in [-0.1, -0.05) is 102 Å². The molecule has 0 atom stereocenters. The van der Waals surface area contributed by atoms with E-state index in [9.17, 15) is 25.9 Å². The summed E-state index contributed by atoms with van der Waals surface area (Å²) in [5, 5.41) is 0. The molecule has 2 N–H and O–H groups in total. The standard InChI is InChI=1S/C34H38O6S2/c1-7-33(3,4)25-15-17-27(29(21-25)23-12-10-9-11-13-23)28-18-16-26(34(5,6)8-2)22-30(28)24-14-19-31(41(35,36)37)32(20-24)42(38,39)40/h9-22H,7-8H2,1-6H3,(H,35,36,37)(H,38,39,40). The summed E-state index contributed by atoms with van der Waals surface area (Å²) in [5.74, 6) is 0. The molecule has 0 amide bonds. The van der Waals surface area contributed by atoms with Gasteiger partial charge in [-0.3, -0.25) is 9.11 Å². The molecule has 0 saturated heterocycles. The van der Waals surface area contributed by atoms with Crippen molar-refractivity contribution in [2.45, 2.75) is 75.0 Å². The van der Waals surface area contributed by atoms with Crippen LogP contribution < -0.4 is 0 Å². The summed E-state index contributed by atoms with van der Waals surface area (Å²) in [7, 11) is -9.90. The molecule has 0 aromatic heterocycles. The molecule has 6 nitrogen and oxygen atoms in total. The van der Waals surface area contributed by atoms with Crippen LogP contribution in [0.2, 0.25) is 0 Å². The maximum atomic E-state index is 12.3. The van der Waals surface area contributed by atoms with E-state index in [1.807, 2.05) is 42.5 Å². The van der Waals surface area contributed by atoms with Gasteiger partial charge in [-0.05, 0) is 92.4 Å². The quantitative estimate of drug-likeness (QED) is 0.185. The summed E-state index contributed by atoms with van der Waals surface area (Å²) in [6.45, 7) is 12.9. The van der Waals surface area contributed by atoms with Gasteiger partial charge in [-0.25, -0.2) is 0 Å². The topological polar surface area (TPSA) is 109 Å². The van der Waals surface area contributed by atoms with E-state index in [2.05, 4.69) is 65.8 Å². The minimum absolute atomic E-state index is 0.0596. The highest BCUT2D eigenvalue weighted by atomic mass is 32.2. The maximum absolute atomic E-state index is 12.3. The van der Waals surface area contributed by atoms with E-state index in [1.165, 1.54) is 11.6 Å². The molecule has 0 fully saturated rings. The molecule has 4 aromatic rings. The lowest BCUT2D eigenvalue weighted by molar-refractivity contribution is 0.466. The Bertz CT molecular complexity index is 1840. The van der Waals surface area contributed by atoms with E-state index in [4.69, 9.17) is 0 Å². The fourth-order valence-electron chi connectivity index (χ4n) is 4.99. The Morgan fingerprint density at radius 2 is 0.976 bits per heavy atom. The van der Waals surface area contributed by atoms with Crippen molar-refractivity contribution in [2.75, 3.05) is 0 Å². The van der Waals surface area contributed by atoms with Crippen LogP contribution in [0.25, 0.3) is 33.4 Å². The molecular formula is C34H38O6S2. The second-order valence-corrected chi connectivity index (χ2v) is 14.8. The van der Waals surface area contributed by atoms with Crippen molar-refractivity contribution in [3.8, 4) is 33.4 Å². The zero-order valence-electron chi connectivity index (χ0n) is 24.8. The van der Waals surface area contributed by atoms with E-state index < -0.39 is 30.0 Å². The SMILES string of the molecule is CCC(C)(C)c1ccc(-c2ccc(C(C)(C)CC)cc2-c2ccc(S(=O)(=O)O)c(S(=O)(=O)O)c2)c(-c2ccccc2)c1. The first kappa shape index (κ1) is 31.6. The lowest BCUT2D eigenvalue weighted by atomic mass is 9.77. The Morgan fingerprint density at radius 3 is 1.40 bits per heavy atom. The van der Waals surface area contributed by atoms with Crippen LogP contribution in [0.4, 0.5) is 0 Å². The molecule has 0 radical (unpaired) electrons. The molecule has 0 bridgehead atoms. The van der Waals surface area contributed by atoms with Crippen molar-refractivity contribution in [1.29, 1.82) is 0 Å². The molecular weight excluding hydrogens is 569 g/mol. The van der Waals surface area contributed by atoms with Crippen molar-refractivity contribution in [3.05, 3.63) is 96.1 Å². The highest BCUT2D eigenvalue weighted by molar-refractivity contribution is 7.89. The van der Waals surface area contributed by atoms with Crippen LogP contribution in [0.1, 0.15) is 65.5 Å². The second kappa shape index (κ2) is 11.4. The van der Waals surface area contributed by atoms with Crippen molar-refractivity contribution >= 4 is 20.2 Å². The fraction of sp³-hybridized carbons (Fsp3) is 0.294. The van der Waals surface area contributed by atoms with Crippen molar-refractivity contribution in [3.63, 3.8) is 0 Å². The van der Waals surface area contributed by atoms with Crippen LogP contribution in [-0.2, 0) is 31.1 Å². The molecule has 0 aliphatic carbocycles. The Kier molecular flexibility index (Phi) is 8.60. The van der Waals surface area contributed by atoms with Crippen LogP contribution in [0, 0.1) is 0 Å². The van der Waals surface area contributed by atoms with Gasteiger partial charge in [0.25, 0.3) is 20.2 Å². The van der Waals surface area contributed by atoms with Gasteiger partial charge >= 0.3 is 0 Å². The lowest BCUT2D eigenvalue weighted by Gasteiger charge is -2.27. The largest absolute Gasteiger partial charge is 0.295 e. The highest BCUT2D eigenvalue weighted by Gasteiger charge is 2.27. The van der Waals surface area contributed by atoms with Crippen molar-refractivity contribution in [2.24, 2.45) is 0 Å². The zero-order valence-corrected chi connectivity index (χ0v) is 26.5. The van der Waals surface area contributed by atoms with Gasteiger partial charge in [0.2, 0.25) is 0 Å². The normalized spacial score (nSPS) is 12.9. The van der Waals surface area contributed by atoms with Crippen LogP contribution >= 0.6 is 0 Å². The van der Waals surface area contributed by atoms with E-state index in [1.54, 1.807) is 0 Å². The van der Waals surface area contributed by atoms with Gasteiger partial charge < -0.3 is 0 Å². The van der Waals surface area contributed by atoms with Crippen LogP contribution in [-0.4, -0.2) is 25.9 Å². The molecule has 42 heavy (non-hydrogen) atoms. The molecule has 222 valence electrons. The van der Waals surface area contributed by atoms with E-state index in [0.717, 1.165) is 52.8 Å².